The molecule has 2 rings (SSSR count). The average Bonchev–Trinajstić information content (AvgIpc) is 3.06. The van der Waals surface area contributed by atoms with Crippen LogP contribution in [0.15, 0.2) is 18.5 Å². The van der Waals surface area contributed by atoms with Crippen molar-refractivity contribution in [1.82, 2.24) is 24.9 Å². The van der Waals surface area contributed by atoms with Crippen LogP contribution in [0.5, 0.6) is 0 Å². The van der Waals surface area contributed by atoms with Crippen molar-refractivity contribution in [2.24, 2.45) is 0 Å². The topological polar surface area (TPSA) is 66.8 Å². The Morgan fingerprint density at radius 2 is 2.25 bits per heavy atom. The molecule has 0 bridgehead atoms. The van der Waals surface area contributed by atoms with E-state index in [1.165, 1.54) is 0 Å². The van der Waals surface area contributed by atoms with E-state index in [4.69, 9.17) is 0 Å². The molecule has 0 aromatic carbocycles. The van der Waals surface area contributed by atoms with E-state index in [2.05, 4.69) is 29.1 Å². The molecular formula is C14H21N5O. The summed E-state index contributed by atoms with van der Waals surface area (Å²) in [5.41, 5.74) is 2.57. The summed E-state index contributed by atoms with van der Waals surface area (Å²) in [5, 5.41) is 11.1. The number of carbonyl (C=O) groups excluding carboxylic acids is 1. The second-order valence-electron chi connectivity index (χ2n) is 5.19. The first-order valence-corrected chi connectivity index (χ1v) is 6.83. The third-order valence-electron chi connectivity index (χ3n) is 3.23. The van der Waals surface area contributed by atoms with Gasteiger partial charge in [-0.2, -0.15) is 10.2 Å². The molecular weight excluding hydrogens is 254 g/mol. The third-order valence-corrected chi connectivity index (χ3v) is 3.23. The van der Waals surface area contributed by atoms with Gasteiger partial charge in [-0.15, -0.1) is 0 Å². The maximum atomic E-state index is 12.5. The highest BCUT2D eigenvalue weighted by molar-refractivity contribution is 5.92. The van der Waals surface area contributed by atoms with E-state index in [1.807, 2.05) is 13.0 Å². The minimum Gasteiger partial charge on any atom is -0.336 e. The standard InChI is InChI=1S/C14H21N5O/c1-5-19-13(6-12(17-19)10(2)3)14(20)18(4)9-11-7-15-16-8-11/h6-8,10H,5,9H2,1-4H3,(H,15,16). The van der Waals surface area contributed by atoms with Crippen LogP contribution < -0.4 is 0 Å². The number of aryl methyl sites for hydroxylation is 1. The molecule has 6 nitrogen and oxygen atoms in total. The maximum absolute atomic E-state index is 12.5. The summed E-state index contributed by atoms with van der Waals surface area (Å²) in [4.78, 5) is 14.2. The zero-order valence-corrected chi connectivity index (χ0v) is 12.4. The van der Waals surface area contributed by atoms with Crippen molar-refractivity contribution in [2.75, 3.05) is 7.05 Å². The first-order valence-electron chi connectivity index (χ1n) is 6.83. The fourth-order valence-corrected chi connectivity index (χ4v) is 2.04. The number of carbonyl (C=O) groups is 1. The van der Waals surface area contributed by atoms with Crippen molar-refractivity contribution in [3.8, 4) is 0 Å². The van der Waals surface area contributed by atoms with Crippen LogP contribution in [0, 0.1) is 0 Å². The summed E-state index contributed by atoms with van der Waals surface area (Å²) >= 11 is 0. The van der Waals surface area contributed by atoms with Gasteiger partial charge in [0.25, 0.3) is 5.91 Å². The Morgan fingerprint density at radius 3 is 2.80 bits per heavy atom. The molecule has 0 saturated heterocycles. The lowest BCUT2D eigenvalue weighted by atomic mass is 10.1. The van der Waals surface area contributed by atoms with Gasteiger partial charge < -0.3 is 4.90 Å². The maximum Gasteiger partial charge on any atom is 0.272 e. The lowest BCUT2D eigenvalue weighted by Gasteiger charge is -2.16. The van der Waals surface area contributed by atoms with E-state index >= 15 is 0 Å². The van der Waals surface area contributed by atoms with Crippen molar-refractivity contribution >= 4 is 5.91 Å². The van der Waals surface area contributed by atoms with Crippen LogP contribution in [0.1, 0.15) is 48.4 Å². The zero-order chi connectivity index (χ0) is 14.7. The first kappa shape index (κ1) is 14.3. The largest absolute Gasteiger partial charge is 0.336 e. The van der Waals surface area contributed by atoms with Crippen LogP contribution in [0.3, 0.4) is 0 Å². The normalized spacial score (nSPS) is 11.1. The van der Waals surface area contributed by atoms with Crippen molar-refractivity contribution in [3.63, 3.8) is 0 Å². The zero-order valence-electron chi connectivity index (χ0n) is 12.4. The Hall–Kier alpha value is -2.11. The lowest BCUT2D eigenvalue weighted by molar-refractivity contribution is 0.0773. The monoisotopic (exact) mass is 275 g/mol. The molecule has 20 heavy (non-hydrogen) atoms. The van der Waals surface area contributed by atoms with E-state index in [1.54, 1.807) is 29.0 Å². The van der Waals surface area contributed by atoms with E-state index in [-0.39, 0.29) is 5.91 Å². The lowest BCUT2D eigenvalue weighted by Crippen LogP contribution is -2.28. The second kappa shape index (κ2) is 5.90. The van der Waals surface area contributed by atoms with Crippen LogP contribution in [0.25, 0.3) is 0 Å². The summed E-state index contributed by atoms with van der Waals surface area (Å²) in [5.74, 6) is 0.293. The minimum absolute atomic E-state index is 0.0209. The third kappa shape index (κ3) is 2.89. The van der Waals surface area contributed by atoms with Crippen LogP contribution in [0.2, 0.25) is 0 Å². The number of H-pyrrole nitrogens is 1. The molecule has 6 heteroatoms. The molecule has 0 saturated carbocycles. The smallest absolute Gasteiger partial charge is 0.272 e. The van der Waals surface area contributed by atoms with E-state index in [0.717, 1.165) is 11.3 Å². The van der Waals surface area contributed by atoms with Crippen molar-refractivity contribution < 1.29 is 4.79 Å². The molecule has 0 spiro atoms. The Kier molecular flexibility index (Phi) is 4.22. The van der Waals surface area contributed by atoms with Crippen LogP contribution in [0.4, 0.5) is 0 Å². The summed E-state index contributed by atoms with van der Waals surface area (Å²) in [6.07, 6.45) is 3.51. The molecule has 1 amide bonds. The predicted octanol–water partition coefficient (Wildman–Crippen LogP) is 2.02. The molecule has 0 aliphatic carbocycles. The van der Waals surface area contributed by atoms with E-state index in [0.29, 0.717) is 24.7 Å². The van der Waals surface area contributed by atoms with Crippen molar-refractivity contribution in [2.45, 2.75) is 39.8 Å². The molecule has 108 valence electrons. The number of aromatic nitrogens is 4. The second-order valence-corrected chi connectivity index (χ2v) is 5.19. The molecule has 2 aromatic heterocycles. The SMILES string of the molecule is CCn1nc(C(C)C)cc1C(=O)N(C)Cc1cn[nH]c1. The highest BCUT2D eigenvalue weighted by Crippen LogP contribution is 2.16. The first-order chi connectivity index (χ1) is 9.52. The van der Waals surface area contributed by atoms with Crippen LogP contribution in [-0.4, -0.2) is 37.8 Å². The van der Waals surface area contributed by atoms with Gasteiger partial charge in [-0.1, -0.05) is 13.8 Å². The van der Waals surface area contributed by atoms with E-state index < -0.39 is 0 Å². The number of hydrogen-bond donors (Lipinski definition) is 1. The molecule has 0 aliphatic heterocycles. The van der Waals surface area contributed by atoms with Gasteiger partial charge in [0.2, 0.25) is 0 Å². The summed E-state index contributed by atoms with van der Waals surface area (Å²) in [6.45, 7) is 7.36. The highest BCUT2D eigenvalue weighted by Gasteiger charge is 2.19. The molecule has 0 radical (unpaired) electrons. The van der Waals surface area contributed by atoms with Gasteiger partial charge in [0.05, 0.1) is 11.9 Å². The van der Waals surface area contributed by atoms with Crippen molar-refractivity contribution in [1.29, 1.82) is 0 Å². The highest BCUT2D eigenvalue weighted by atomic mass is 16.2. The van der Waals surface area contributed by atoms with Gasteiger partial charge in [-0.25, -0.2) is 0 Å². The minimum atomic E-state index is -0.0209. The number of nitrogens with one attached hydrogen (secondary N) is 1. The number of hydrogen-bond acceptors (Lipinski definition) is 3. The van der Waals surface area contributed by atoms with Gasteiger partial charge in [0.1, 0.15) is 5.69 Å². The molecule has 1 N–H and O–H groups in total. The Bertz CT molecular complexity index is 570. The quantitative estimate of drug-likeness (QED) is 0.907. The predicted molar refractivity (Wildman–Crippen MR) is 76.4 cm³/mol. The summed E-state index contributed by atoms with van der Waals surface area (Å²) < 4.78 is 1.77. The Morgan fingerprint density at radius 1 is 1.50 bits per heavy atom. The van der Waals surface area contributed by atoms with Gasteiger partial charge in [-0.3, -0.25) is 14.6 Å². The number of amides is 1. The molecule has 0 fully saturated rings. The molecule has 0 unspecified atom stereocenters. The molecule has 2 aromatic rings. The molecule has 0 aliphatic rings. The fraction of sp³-hybridized carbons (Fsp3) is 0.500. The molecule has 2 heterocycles. The molecule has 0 atom stereocenters. The number of aromatic amines is 1. The van der Waals surface area contributed by atoms with Crippen LogP contribution >= 0.6 is 0 Å². The van der Waals surface area contributed by atoms with Crippen molar-refractivity contribution in [3.05, 3.63) is 35.4 Å². The van der Waals surface area contributed by atoms with E-state index in [9.17, 15) is 4.79 Å². The Balaban J connectivity index is 2.19. The average molecular weight is 275 g/mol. The van der Waals surface area contributed by atoms with Gasteiger partial charge >= 0.3 is 0 Å². The van der Waals surface area contributed by atoms with Gasteiger partial charge in [0.15, 0.2) is 0 Å². The number of rotatable bonds is 5. The van der Waals surface area contributed by atoms with Crippen LogP contribution in [-0.2, 0) is 13.1 Å². The Labute approximate surface area is 118 Å². The van der Waals surface area contributed by atoms with Gasteiger partial charge in [-0.05, 0) is 18.9 Å². The fourth-order valence-electron chi connectivity index (χ4n) is 2.04. The summed E-state index contributed by atoms with van der Waals surface area (Å²) in [6, 6.07) is 1.89. The van der Waals surface area contributed by atoms with Gasteiger partial charge in [0, 0.05) is 31.9 Å². The number of nitrogens with zero attached hydrogens (tertiary/aromatic N) is 4. The summed E-state index contributed by atoms with van der Waals surface area (Å²) in [7, 11) is 1.79.